The largest absolute Gasteiger partial charge is 0.481 e. The summed E-state index contributed by atoms with van der Waals surface area (Å²) >= 11 is 3.30. The van der Waals surface area contributed by atoms with Crippen molar-refractivity contribution in [3.05, 3.63) is 34.3 Å². The monoisotopic (exact) mass is 286 g/mol. The van der Waals surface area contributed by atoms with Gasteiger partial charge in [-0.2, -0.15) is 0 Å². The predicted molar refractivity (Wildman–Crippen MR) is 60.7 cm³/mol. The minimum Gasteiger partial charge on any atom is -0.481 e. The maximum atomic E-state index is 11.3. The van der Waals surface area contributed by atoms with Gasteiger partial charge in [-0.1, -0.05) is 34.1 Å². The van der Waals surface area contributed by atoms with Gasteiger partial charge >= 0.3 is 11.9 Å². The predicted octanol–water partition coefficient (Wildman–Crippen LogP) is 2.21. The highest BCUT2D eigenvalue weighted by Gasteiger charge is 2.22. The van der Waals surface area contributed by atoms with E-state index in [2.05, 4.69) is 15.9 Å². The Kier molecular flexibility index (Phi) is 4.49. The topological polar surface area (TPSA) is 63.6 Å². The van der Waals surface area contributed by atoms with E-state index in [4.69, 9.17) is 9.84 Å². The molecule has 86 valence electrons. The SMILES string of the molecule is CC(C(=O)O)C(=O)OCc1ccccc1Br. The molecular weight excluding hydrogens is 276 g/mol. The number of hydrogen-bond acceptors (Lipinski definition) is 3. The van der Waals surface area contributed by atoms with Crippen LogP contribution in [0.15, 0.2) is 28.7 Å². The highest BCUT2D eigenvalue weighted by Crippen LogP contribution is 2.17. The average Bonchev–Trinajstić information content (AvgIpc) is 2.26. The van der Waals surface area contributed by atoms with Crippen molar-refractivity contribution in [2.75, 3.05) is 0 Å². The first-order chi connectivity index (χ1) is 7.52. The van der Waals surface area contributed by atoms with Gasteiger partial charge in [0.2, 0.25) is 0 Å². The average molecular weight is 287 g/mol. The third kappa shape index (κ3) is 3.34. The third-order valence-corrected chi connectivity index (χ3v) is 2.83. The molecule has 0 bridgehead atoms. The molecule has 0 spiro atoms. The summed E-state index contributed by atoms with van der Waals surface area (Å²) in [6, 6.07) is 7.27. The van der Waals surface area contributed by atoms with Crippen molar-refractivity contribution in [3.8, 4) is 0 Å². The van der Waals surface area contributed by atoms with Crippen LogP contribution in [0, 0.1) is 5.92 Å². The zero-order chi connectivity index (χ0) is 12.1. The zero-order valence-electron chi connectivity index (χ0n) is 8.64. The van der Waals surface area contributed by atoms with Crippen molar-refractivity contribution in [1.82, 2.24) is 0 Å². The van der Waals surface area contributed by atoms with Crippen LogP contribution < -0.4 is 0 Å². The van der Waals surface area contributed by atoms with Gasteiger partial charge in [-0.25, -0.2) is 0 Å². The molecule has 0 amide bonds. The molecule has 16 heavy (non-hydrogen) atoms. The van der Waals surface area contributed by atoms with E-state index in [9.17, 15) is 9.59 Å². The van der Waals surface area contributed by atoms with Gasteiger partial charge in [0.15, 0.2) is 5.92 Å². The van der Waals surface area contributed by atoms with Gasteiger partial charge in [0, 0.05) is 10.0 Å². The third-order valence-electron chi connectivity index (χ3n) is 2.05. The van der Waals surface area contributed by atoms with Crippen LogP contribution in [0.5, 0.6) is 0 Å². The van der Waals surface area contributed by atoms with Crippen LogP contribution in [0.3, 0.4) is 0 Å². The fourth-order valence-electron chi connectivity index (χ4n) is 0.990. The second kappa shape index (κ2) is 5.65. The van der Waals surface area contributed by atoms with E-state index in [0.717, 1.165) is 10.0 Å². The van der Waals surface area contributed by atoms with Crippen LogP contribution in [0.1, 0.15) is 12.5 Å². The lowest BCUT2D eigenvalue weighted by Gasteiger charge is -2.08. The number of carboxylic acids is 1. The lowest BCUT2D eigenvalue weighted by molar-refractivity contribution is -0.158. The summed E-state index contributed by atoms with van der Waals surface area (Å²) in [4.78, 5) is 21.8. The molecule has 1 rings (SSSR count). The summed E-state index contributed by atoms with van der Waals surface area (Å²) in [6.07, 6.45) is 0. The van der Waals surface area contributed by atoms with E-state index >= 15 is 0 Å². The van der Waals surface area contributed by atoms with Gasteiger partial charge in [-0.15, -0.1) is 0 Å². The van der Waals surface area contributed by atoms with E-state index < -0.39 is 17.9 Å². The number of carbonyl (C=O) groups is 2. The number of carbonyl (C=O) groups excluding carboxylic acids is 1. The second-order valence-electron chi connectivity index (χ2n) is 3.26. The van der Waals surface area contributed by atoms with Gasteiger partial charge in [-0.05, 0) is 13.0 Å². The van der Waals surface area contributed by atoms with E-state index in [1.807, 2.05) is 18.2 Å². The molecule has 1 unspecified atom stereocenters. The molecular formula is C11H11BrO4. The molecule has 1 atom stereocenters. The quantitative estimate of drug-likeness (QED) is 0.681. The minimum atomic E-state index is -1.18. The minimum absolute atomic E-state index is 0.0673. The van der Waals surface area contributed by atoms with E-state index in [1.165, 1.54) is 6.92 Å². The molecule has 1 aromatic carbocycles. The summed E-state index contributed by atoms with van der Waals surface area (Å²) in [5.41, 5.74) is 0.799. The van der Waals surface area contributed by atoms with Crippen molar-refractivity contribution in [3.63, 3.8) is 0 Å². The molecule has 1 N–H and O–H groups in total. The summed E-state index contributed by atoms with van der Waals surface area (Å²) in [5, 5.41) is 8.59. The summed E-state index contributed by atoms with van der Waals surface area (Å²) < 4.78 is 5.71. The molecule has 0 heterocycles. The maximum absolute atomic E-state index is 11.3. The fraction of sp³-hybridized carbons (Fsp3) is 0.273. The first-order valence-electron chi connectivity index (χ1n) is 4.65. The Hall–Kier alpha value is -1.36. The lowest BCUT2D eigenvalue weighted by atomic mass is 10.2. The molecule has 0 aliphatic rings. The van der Waals surface area contributed by atoms with Gasteiger partial charge < -0.3 is 9.84 Å². The normalized spacial score (nSPS) is 11.9. The molecule has 0 aliphatic carbocycles. The smallest absolute Gasteiger partial charge is 0.320 e. The number of halogens is 1. The molecule has 5 heteroatoms. The Labute approximate surface area is 101 Å². The first kappa shape index (κ1) is 12.7. The summed E-state index contributed by atoms with van der Waals surface area (Å²) in [7, 11) is 0. The van der Waals surface area contributed by atoms with Gasteiger partial charge in [-0.3, -0.25) is 9.59 Å². The number of aliphatic carboxylic acids is 1. The summed E-state index contributed by atoms with van der Waals surface area (Å²) in [5.74, 6) is -3.05. The zero-order valence-corrected chi connectivity index (χ0v) is 10.2. The Bertz CT molecular complexity index is 403. The molecule has 1 aromatic rings. The van der Waals surface area contributed by atoms with Crippen molar-refractivity contribution < 1.29 is 19.4 Å². The Morgan fingerprint density at radius 2 is 2.06 bits per heavy atom. The van der Waals surface area contributed by atoms with Gasteiger partial charge in [0.1, 0.15) is 6.61 Å². The van der Waals surface area contributed by atoms with Crippen LogP contribution in [0.2, 0.25) is 0 Å². The van der Waals surface area contributed by atoms with Crippen molar-refractivity contribution in [1.29, 1.82) is 0 Å². The van der Waals surface area contributed by atoms with Gasteiger partial charge in [0.25, 0.3) is 0 Å². The lowest BCUT2D eigenvalue weighted by Crippen LogP contribution is -2.22. The second-order valence-corrected chi connectivity index (χ2v) is 4.11. The number of esters is 1. The molecule has 0 fully saturated rings. The van der Waals surface area contributed by atoms with E-state index in [1.54, 1.807) is 6.07 Å². The first-order valence-corrected chi connectivity index (χ1v) is 5.44. The maximum Gasteiger partial charge on any atom is 0.320 e. The molecule has 0 saturated heterocycles. The molecule has 0 aromatic heterocycles. The number of hydrogen-bond donors (Lipinski definition) is 1. The van der Waals surface area contributed by atoms with Crippen LogP contribution in [-0.4, -0.2) is 17.0 Å². The Balaban J connectivity index is 2.56. The van der Waals surface area contributed by atoms with E-state index in [0.29, 0.717) is 0 Å². The number of carboxylic acid groups (broad SMARTS) is 1. The van der Waals surface area contributed by atoms with E-state index in [-0.39, 0.29) is 6.61 Å². The Morgan fingerprint density at radius 3 is 2.62 bits per heavy atom. The molecule has 0 saturated carbocycles. The Morgan fingerprint density at radius 1 is 1.44 bits per heavy atom. The number of rotatable bonds is 4. The molecule has 0 radical (unpaired) electrons. The van der Waals surface area contributed by atoms with Crippen LogP contribution in [0.25, 0.3) is 0 Å². The van der Waals surface area contributed by atoms with Crippen LogP contribution in [-0.2, 0) is 20.9 Å². The molecule has 0 aliphatic heterocycles. The number of benzene rings is 1. The fourth-order valence-corrected chi connectivity index (χ4v) is 1.39. The van der Waals surface area contributed by atoms with Crippen molar-refractivity contribution in [2.45, 2.75) is 13.5 Å². The highest BCUT2D eigenvalue weighted by atomic mass is 79.9. The van der Waals surface area contributed by atoms with Gasteiger partial charge in [0.05, 0.1) is 0 Å². The summed E-state index contributed by atoms with van der Waals surface area (Å²) in [6.45, 7) is 1.36. The molecule has 4 nitrogen and oxygen atoms in total. The van der Waals surface area contributed by atoms with Crippen molar-refractivity contribution in [2.24, 2.45) is 5.92 Å². The highest BCUT2D eigenvalue weighted by molar-refractivity contribution is 9.10. The standard InChI is InChI=1S/C11H11BrO4/c1-7(10(13)14)11(15)16-6-8-4-2-3-5-9(8)12/h2-5,7H,6H2,1H3,(H,13,14). The van der Waals surface area contributed by atoms with Crippen molar-refractivity contribution >= 4 is 27.9 Å². The van der Waals surface area contributed by atoms with Crippen LogP contribution >= 0.6 is 15.9 Å². The number of ether oxygens (including phenoxy) is 1. The van der Waals surface area contributed by atoms with Crippen LogP contribution in [0.4, 0.5) is 0 Å².